The average molecular weight is 295 g/mol. The van der Waals surface area contributed by atoms with Crippen LogP contribution in [0.1, 0.15) is 18.6 Å². The van der Waals surface area contributed by atoms with Gasteiger partial charge >= 0.3 is 0 Å². The number of hydrogen-bond acceptors (Lipinski definition) is 8. The Labute approximate surface area is 121 Å². The van der Waals surface area contributed by atoms with Crippen LogP contribution in [0.3, 0.4) is 0 Å². The molecule has 0 fully saturated rings. The number of nitrogens with one attached hydrogen (secondary N) is 1. The second kappa shape index (κ2) is 6.64. The van der Waals surface area contributed by atoms with E-state index in [4.69, 9.17) is 10.6 Å². The molecular weight excluding hydrogens is 278 g/mol. The Morgan fingerprint density at radius 2 is 2.20 bits per heavy atom. The summed E-state index contributed by atoms with van der Waals surface area (Å²) in [4.78, 5) is 8.64. The summed E-state index contributed by atoms with van der Waals surface area (Å²) in [5.74, 6) is 7.37. The molecule has 2 aromatic heterocycles. The van der Waals surface area contributed by atoms with Crippen molar-refractivity contribution in [2.24, 2.45) is 12.9 Å². The highest BCUT2D eigenvalue weighted by molar-refractivity contribution is 7.99. The molecule has 2 rings (SSSR count). The number of rotatable bonds is 6. The predicted octanol–water partition coefficient (Wildman–Crippen LogP) is 0.887. The zero-order valence-electron chi connectivity index (χ0n) is 11.6. The summed E-state index contributed by atoms with van der Waals surface area (Å²) in [5.41, 5.74) is 2.53. The predicted molar refractivity (Wildman–Crippen MR) is 75.0 cm³/mol. The van der Waals surface area contributed by atoms with Gasteiger partial charge in [-0.2, -0.15) is 0 Å². The number of aryl methyl sites for hydroxylation is 1. The number of aromatic nitrogens is 5. The molecule has 3 N–H and O–H groups in total. The molecule has 0 unspecified atom stereocenters. The Hall–Kier alpha value is -1.71. The minimum atomic E-state index is 0.345. The fourth-order valence-corrected chi connectivity index (χ4v) is 2.29. The number of hydrogen-bond donors (Lipinski definition) is 2. The topological polar surface area (TPSA) is 104 Å². The van der Waals surface area contributed by atoms with Gasteiger partial charge in [0.1, 0.15) is 23.3 Å². The van der Waals surface area contributed by atoms with Crippen molar-refractivity contribution in [3.63, 3.8) is 0 Å². The summed E-state index contributed by atoms with van der Waals surface area (Å²) in [6.07, 6.45) is 0. The lowest BCUT2D eigenvalue weighted by Gasteiger charge is -2.07. The standard InChI is InChI=1S/C11H17N7OS/c1-4-19-6-9-13-8(15-12)5-10(14-9)20-11-17-16-7(2)18(11)3/h5H,4,6,12H2,1-3H3,(H,13,14,15). The lowest BCUT2D eigenvalue weighted by Crippen LogP contribution is -2.11. The van der Waals surface area contributed by atoms with Crippen LogP contribution in [0.5, 0.6) is 0 Å². The van der Waals surface area contributed by atoms with Crippen molar-refractivity contribution in [3.05, 3.63) is 17.7 Å². The number of ether oxygens (including phenoxy) is 1. The van der Waals surface area contributed by atoms with Gasteiger partial charge in [-0.15, -0.1) is 10.2 Å². The minimum absolute atomic E-state index is 0.345. The molecule has 20 heavy (non-hydrogen) atoms. The van der Waals surface area contributed by atoms with Crippen molar-refractivity contribution in [2.45, 2.75) is 30.6 Å². The average Bonchev–Trinajstić information content (AvgIpc) is 2.77. The Morgan fingerprint density at radius 3 is 2.80 bits per heavy atom. The minimum Gasteiger partial charge on any atom is -0.374 e. The molecule has 0 aliphatic rings. The molecule has 0 radical (unpaired) electrons. The highest BCUT2D eigenvalue weighted by atomic mass is 32.2. The van der Waals surface area contributed by atoms with Gasteiger partial charge in [0, 0.05) is 19.7 Å². The number of nitrogens with zero attached hydrogens (tertiary/aromatic N) is 5. The molecule has 108 valence electrons. The fourth-order valence-electron chi connectivity index (χ4n) is 1.43. The molecule has 0 saturated heterocycles. The van der Waals surface area contributed by atoms with Crippen LogP contribution in [0.25, 0.3) is 0 Å². The van der Waals surface area contributed by atoms with E-state index in [1.807, 2.05) is 25.5 Å². The maximum Gasteiger partial charge on any atom is 0.197 e. The molecule has 0 bridgehead atoms. The van der Waals surface area contributed by atoms with Crippen molar-refractivity contribution < 1.29 is 4.74 Å². The first-order valence-corrected chi connectivity index (χ1v) is 6.91. The lowest BCUT2D eigenvalue weighted by molar-refractivity contribution is 0.128. The molecule has 0 aromatic carbocycles. The molecule has 0 aliphatic heterocycles. The monoisotopic (exact) mass is 295 g/mol. The molecular formula is C11H17N7OS. The fraction of sp³-hybridized carbons (Fsp3) is 0.455. The molecule has 0 amide bonds. The van der Waals surface area contributed by atoms with Crippen LogP contribution in [0.15, 0.2) is 16.2 Å². The van der Waals surface area contributed by atoms with Crippen molar-refractivity contribution in [2.75, 3.05) is 12.0 Å². The summed E-state index contributed by atoms with van der Waals surface area (Å²) in [6.45, 7) is 4.76. The van der Waals surface area contributed by atoms with Crippen LogP contribution >= 0.6 is 11.8 Å². The van der Waals surface area contributed by atoms with Gasteiger partial charge in [-0.05, 0) is 25.6 Å². The second-order valence-electron chi connectivity index (χ2n) is 3.98. The van der Waals surface area contributed by atoms with Gasteiger partial charge in [0.15, 0.2) is 11.0 Å². The van der Waals surface area contributed by atoms with E-state index >= 15 is 0 Å². The summed E-state index contributed by atoms with van der Waals surface area (Å²) in [6, 6.07) is 1.75. The van der Waals surface area contributed by atoms with E-state index in [1.165, 1.54) is 11.8 Å². The van der Waals surface area contributed by atoms with Gasteiger partial charge in [0.25, 0.3) is 0 Å². The number of anilines is 1. The van der Waals surface area contributed by atoms with Crippen LogP contribution < -0.4 is 11.3 Å². The molecule has 2 heterocycles. The van der Waals surface area contributed by atoms with E-state index in [-0.39, 0.29) is 0 Å². The summed E-state index contributed by atoms with van der Waals surface area (Å²) in [5, 5.41) is 9.59. The van der Waals surface area contributed by atoms with Crippen LogP contribution in [0.4, 0.5) is 5.82 Å². The van der Waals surface area contributed by atoms with Crippen molar-refractivity contribution >= 4 is 17.6 Å². The highest BCUT2D eigenvalue weighted by Crippen LogP contribution is 2.25. The lowest BCUT2D eigenvalue weighted by atomic mass is 10.5. The zero-order valence-corrected chi connectivity index (χ0v) is 12.4. The molecule has 0 spiro atoms. The van der Waals surface area contributed by atoms with E-state index in [2.05, 4.69) is 25.6 Å². The Kier molecular flexibility index (Phi) is 4.88. The summed E-state index contributed by atoms with van der Waals surface area (Å²) < 4.78 is 7.21. The summed E-state index contributed by atoms with van der Waals surface area (Å²) in [7, 11) is 1.90. The molecule has 0 atom stereocenters. The van der Waals surface area contributed by atoms with Gasteiger partial charge in [0.2, 0.25) is 0 Å². The SMILES string of the molecule is CCOCc1nc(NN)cc(Sc2nnc(C)n2C)n1. The van der Waals surface area contributed by atoms with Gasteiger partial charge in [-0.3, -0.25) is 0 Å². The van der Waals surface area contributed by atoms with E-state index in [0.29, 0.717) is 24.9 Å². The van der Waals surface area contributed by atoms with Crippen molar-refractivity contribution in [1.29, 1.82) is 0 Å². The molecule has 9 heteroatoms. The smallest absolute Gasteiger partial charge is 0.197 e. The van der Waals surface area contributed by atoms with Gasteiger partial charge in [-0.1, -0.05) is 0 Å². The first-order chi connectivity index (χ1) is 9.63. The number of nitrogens with two attached hydrogens (primary N) is 1. The maximum absolute atomic E-state index is 5.42. The Bertz CT molecular complexity index is 586. The maximum atomic E-state index is 5.42. The normalized spacial score (nSPS) is 10.8. The van der Waals surface area contributed by atoms with Gasteiger partial charge in [-0.25, -0.2) is 15.8 Å². The zero-order chi connectivity index (χ0) is 14.5. The Morgan fingerprint density at radius 1 is 1.40 bits per heavy atom. The molecule has 8 nitrogen and oxygen atoms in total. The molecule has 0 aliphatic carbocycles. The van der Waals surface area contributed by atoms with Crippen LogP contribution in [0, 0.1) is 6.92 Å². The van der Waals surface area contributed by atoms with Crippen molar-refractivity contribution in [3.8, 4) is 0 Å². The number of hydrazine groups is 1. The third-order valence-electron chi connectivity index (χ3n) is 2.58. The second-order valence-corrected chi connectivity index (χ2v) is 4.97. The summed E-state index contributed by atoms with van der Waals surface area (Å²) >= 11 is 1.40. The van der Waals surface area contributed by atoms with Crippen molar-refractivity contribution in [1.82, 2.24) is 24.7 Å². The third-order valence-corrected chi connectivity index (χ3v) is 3.54. The van der Waals surface area contributed by atoms with E-state index in [9.17, 15) is 0 Å². The quantitative estimate of drug-likeness (QED) is 0.460. The third kappa shape index (κ3) is 3.44. The van der Waals surface area contributed by atoms with Crippen LogP contribution in [-0.2, 0) is 18.4 Å². The van der Waals surface area contributed by atoms with E-state index in [1.54, 1.807) is 6.07 Å². The van der Waals surface area contributed by atoms with E-state index < -0.39 is 0 Å². The highest BCUT2D eigenvalue weighted by Gasteiger charge is 2.11. The van der Waals surface area contributed by atoms with Crippen LogP contribution in [-0.4, -0.2) is 31.3 Å². The molecule has 2 aromatic rings. The molecule has 0 saturated carbocycles. The largest absolute Gasteiger partial charge is 0.374 e. The van der Waals surface area contributed by atoms with E-state index in [0.717, 1.165) is 16.0 Å². The van der Waals surface area contributed by atoms with Gasteiger partial charge in [0.05, 0.1) is 0 Å². The van der Waals surface area contributed by atoms with Crippen LogP contribution in [0.2, 0.25) is 0 Å². The number of nitrogen functional groups attached to an aromatic ring is 1. The first kappa shape index (κ1) is 14.7. The van der Waals surface area contributed by atoms with Gasteiger partial charge < -0.3 is 14.7 Å². The first-order valence-electron chi connectivity index (χ1n) is 6.10. The Balaban J connectivity index is 2.23.